The highest BCUT2D eigenvalue weighted by Crippen LogP contribution is 2.32. The first-order chi connectivity index (χ1) is 13.6. The molecular formula is C21H16N4O2S. The third kappa shape index (κ3) is 3.47. The summed E-state index contributed by atoms with van der Waals surface area (Å²) in [6, 6.07) is 18.7. The van der Waals surface area contributed by atoms with Crippen LogP contribution in [0.3, 0.4) is 0 Å². The number of aromatic nitrogens is 3. The van der Waals surface area contributed by atoms with Crippen LogP contribution in [0.25, 0.3) is 22.4 Å². The number of aromatic amines is 1. The number of thiazole rings is 1. The van der Waals surface area contributed by atoms with Gasteiger partial charge < -0.3 is 0 Å². The minimum atomic E-state index is -0.552. The zero-order chi connectivity index (χ0) is 19.5. The average molecular weight is 388 g/mol. The molecule has 0 unspecified atom stereocenters. The summed E-state index contributed by atoms with van der Waals surface area (Å²) in [4.78, 5) is 30.8. The fraction of sp³-hybridized carbons (Fsp3) is 0.0476. The molecule has 0 aliphatic heterocycles. The SMILES string of the molecule is Cc1cnc(NC(=O)c2c(-c3ccccc3)c(-c3ccccc3)n[nH]c2=O)s1. The summed E-state index contributed by atoms with van der Waals surface area (Å²) in [6.45, 7) is 1.90. The Hall–Kier alpha value is -3.58. The van der Waals surface area contributed by atoms with E-state index in [0.717, 1.165) is 16.0 Å². The maximum atomic E-state index is 13.0. The summed E-state index contributed by atoms with van der Waals surface area (Å²) in [5.41, 5.74) is 2.02. The van der Waals surface area contributed by atoms with Gasteiger partial charge in [-0.3, -0.25) is 14.9 Å². The topological polar surface area (TPSA) is 87.7 Å². The second-order valence-electron chi connectivity index (χ2n) is 6.11. The summed E-state index contributed by atoms with van der Waals surface area (Å²) in [5, 5.41) is 9.89. The maximum absolute atomic E-state index is 13.0. The van der Waals surface area contributed by atoms with Crippen LogP contribution in [0.2, 0.25) is 0 Å². The van der Waals surface area contributed by atoms with Crippen molar-refractivity contribution in [2.24, 2.45) is 0 Å². The smallest absolute Gasteiger partial charge is 0.277 e. The third-order valence-electron chi connectivity index (χ3n) is 4.16. The molecule has 0 bridgehead atoms. The molecule has 0 saturated carbocycles. The number of carbonyl (C=O) groups is 1. The molecule has 0 aliphatic carbocycles. The van der Waals surface area contributed by atoms with E-state index in [2.05, 4.69) is 20.5 Å². The van der Waals surface area contributed by atoms with E-state index in [1.807, 2.05) is 67.6 Å². The van der Waals surface area contributed by atoms with Crippen molar-refractivity contribution in [1.82, 2.24) is 15.2 Å². The van der Waals surface area contributed by atoms with Gasteiger partial charge in [0.15, 0.2) is 5.13 Å². The first-order valence-corrected chi connectivity index (χ1v) is 9.42. The van der Waals surface area contributed by atoms with Crippen LogP contribution in [0.1, 0.15) is 15.2 Å². The Morgan fingerprint density at radius 2 is 1.64 bits per heavy atom. The van der Waals surface area contributed by atoms with Gasteiger partial charge >= 0.3 is 0 Å². The molecule has 6 nitrogen and oxygen atoms in total. The number of aryl methyl sites for hydroxylation is 1. The lowest BCUT2D eigenvalue weighted by atomic mass is 9.95. The van der Waals surface area contributed by atoms with Crippen molar-refractivity contribution in [3.05, 3.63) is 87.7 Å². The summed E-state index contributed by atoms with van der Waals surface area (Å²) in [6.07, 6.45) is 1.67. The molecule has 0 radical (unpaired) electrons. The van der Waals surface area contributed by atoms with E-state index in [1.165, 1.54) is 11.3 Å². The van der Waals surface area contributed by atoms with Gasteiger partial charge in [-0.2, -0.15) is 5.10 Å². The number of anilines is 1. The van der Waals surface area contributed by atoms with Gasteiger partial charge in [0.2, 0.25) is 0 Å². The predicted molar refractivity (Wildman–Crippen MR) is 111 cm³/mol. The van der Waals surface area contributed by atoms with Crippen molar-refractivity contribution in [3.8, 4) is 22.4 Å². The van der Waals surface area contributed by atoms with Crippen molar-refractivity contribution >= 4 is 22.4 Å². The molecule has 4 rings (SSSR count). The van der Waals surface area contributed by atoms with Crippen LogP contribution in [0.15, 0.2) is 71.7 Å². The first-order valence-electron chi connectivity index (χ1n) is 8.61. The molecule has 4 aromatic rings. The molecule has 2 aromatic heterocycles. The number of hydrogen-bond donors (Lipinski definition) is 2. The highest BCUT2D eigenvalue weighted by molar-refractivity contribution is 7.15. The van der Waals surface area contributed by atoms with Crippen molar-refractivity contribution < 1.29 is 4.79 Å². The van der Waals surface area contributed by atoms with Gasteiger partial charge in [-0.15, -0.1) is 11.3 Å². The molecule has 28 heavy (non-hydrogen) atoms. The molecule has 7 heteroatoms. The summed E-state index contributed by atoms with van der Waals surface area (Å²) >= 11 is 1.35. The molecule has 1 amide bonds. The normalized spacial score (nSPS) is 10.6. The Labute approximate surface area is 164 Å². The lowest BCUT2D eigenvalue weighted by Crippen LogP contribution is -2.26. The standard InChI is InChI=1S/C21H16N4O2S/c1-13-12-22-21(28-13)23-19(26)17-16(14-8-4-2-5-9-14)18(24-25-20(17)27)15-10-6-3-7-11-15/h2-12H,1H3,(H,25,27)(H,22,23,26). The Morgan fingerprint density at radius 1 is 1.00 bits per heavy atom. The van der Waals surface area contributed by atoms with Crippen LogP contribution >= 0.6 is 11.3 Å². The highest BCUT2D eigenvalue weighted by Gasteiger charge is 2.23. The van der Waals surface area contributed by atoms with Crippen molar-refractivity contribution in [3.63, 3.8) is 0 Å². The Bertz CT molecular complexity index is 1180. The molecule has 0 atom stereocenters. The minimum Gasteiger partial charge on any atom is -0.298 e. The molecule has 0 saturated heterocycles. The quantitative estimate of drug-likeness (QED) is 0.550. The number of benzene rings is 2. The Kier molecular flexibility index (Phi) is 4.82. The second kappa shape index (κ2) is 7.58. The van der Waals surface area contributed by atoms with Crippen LogP contribution in [-0.2, 0) is 0 Å². The summed E-state index contributed by atoms with van der Waals surface area (Å²) in [7, 11) is 0. The molecule has 0 aliphatic rings. The number of H-pyrrole nitrogens is 1. The predicted octanol–water partition coefficient (Wildman–Crippen LogP) is 4.12. The number of rotatable bonds is 4. The van der Waals surface area contributed by atoms with Crippen molar-refractivity contribution in [2.75, 3.05) is 5.32 Å². The van der Waals surface area contributed by atoms with Gasteiger partial charge in [-0.1, -0.05) is 60.7 Å². The lowest BCUT2D eigenvalue weighted by Gasteiger charge is -2.13. The summed E-state index contributed by atoms with van der Waals surface area (Å²) < 4.78 is 0. The number of nitrogens with one attached hydrogen (secondary N) is 2. The fourth-order valence-electron chi connectivity index (χ4n) is 2.93. The van der Waals surface area contributed by atoms with E-state index in [9.17, 15) is 9.59 Å². The zero-order valence-electron chi connectivity index (χ0n) is 15.0. The third-order valence-corrected chi connectivity index (χ3v) is 4.99. The van der Waals surface area contributed by atoms with E-state index in [0.29, 0.717) is 16.4 Å². The van der Waals surface area contributed by atoms with Crippen molar-refractivity contribution in [1.29, 1.82) is 0 Å². The van der Waals surface area contributed by atoms with Gasteiger partial charge in [0.05, 0.1) is 5.69 Å². The number of amides is 1. The van der Waals surface area contributed by atoms with Crippen LogP contribution < -0.4 is 10.9 Å². The van der Waals surface area contributed by atoms with E-state index in [1.54, 1.807) is 6.20 Å². The molecule has 2 N–H and O–H groups in total. The molecule has 2 aromatic carbocycles. The number of hydrogen-bond acceptors (Lipinski definition) is 5. The largest absolute Gasteiger partial charge is 0.298 e. The van der Waals surface area contributed by atoms with Gasteiger partial charge in [0.1, 0.15) is 5.56 Å². The highest BCUT2D eigenvalue weighted by atomic mass is 32.1. The monoisotopic (exact) mass is 388 g/mol. The number of nitrogens with zero attached hydrogens (tertiary/aromatic N) is 2. The molecule has 0 spiro atoms. The van der Waals surface area contributed by atoms with Gasteiger partial charge in [0, 0.05) is 22.2 Å². The number of carbonyl (C=O) groups excluding carboxylic acids is 1. The summed E-state index contributed by atoms with van der Waals surface area (Å²) in [5.74, 6) is -0.519. The minimum absolute atomic E-state index is 0.00732. The Morgan fingerprint density at radius 3 is 2.25 bits per heavy atom. The fourth-order valence-corrected chi connectivity index (χ4v) is 3.59. The van der Waals surface area contributed by atoms with Crippen LogP contribution in [0.5, 0.6) is 0 Å². The molecule has 2 heterocycles. The van der Waals surface area contributed by atoms with Crippen LogP contribution in [0.4, 0.5) is 5.13 Å². The maximum Gasteiger partial charge on any atom is 0.277 e. The van der Waals surface area contributed by atoms with E-state index in [-0.39, 0.29) is 5.56 Å². The van der Waals surface area contributed by atoms with E-state index < -0.39 is 11.5 Å². The second-order valence-corrected chi connectivity index (χ2v) is 7.35. The zero-order valence-corrected chi connectivity index (χ0v) is 15.8. The molecule has 0 fully saturated rings. The van der Waals surface area contributed by atoms with Crippen LogP contribution in [0, 0.1) is 6.92 Å². The van der Waals surface area contributed by atoms with Gasteiger partial charge in [-0.25, -0.2) is 10.1 Å². The first kappa shape index (κ1) is 17.8. The molecule has 138 valence electrons. The lowest BCUT2D eigenvalue weighted by molar-refractivity contribution is 0.102. The van der Waals surface area contributed by atoms with Gasteiger partial charge in [0.25, 0.3) is 11.5 Å². The molecular weight excluding hydrogens is 372 g/mol. The van der Waals surface area contributed by atoms with E-state index >= 15 is 0 Å². The van der Waals surface area contributed by atoms with E-state index in [4.69, 9.17) is 0 Å². The van der Waals surface area contributed by atoms with Crippen LogP contribution in [-0.4, -0.2) is 21.1 Å². The van der Waals surface area contributed by atoms with Crippen molar-refractivity contribution in [2.45, 2.75) is 6.92 Å². The Balaban J connectivity index is 1.92. The average Bonchev–Trinajstić information content (AvgIpc) is 3.13. The van der Waals surface area contributed by atoms with Gasteiger partial charge in [-0.05, 0) is 12.5 Å².